The minimum atomic E-state index is 1.08. The summed E-state index contributed by atoms with van der Waals surface area (Å²) < 4.78 is 2.50. The Balaban J connectivity index is 0.822. The second kappa shape index (κ2) is 13.1. The Kier molecular flexibility index (Phi) is 8.12. The molecule has 0 amide bonds. The third kappa shape index (κ3) is 6.09. The van der Waals surface area contributed by atoms with Gasteiger partial charge in [-0.1, -0.05) is 60.7 Å². The maximum Gasteiger partial charge on any atom is 0.134 e. The standard InChI is InChI=1S/C44H28N2S6/c1-25-3-13-31-41(23-25)51-43(45-31)39-21-19-37(49-39)35-17-15-33(47-35)29-9-5-27(6-10-29)28-7-11-30(12-8-28)34-16-18-36(48-34)38-20-22-40(50-38)44-46-32-14-4-26(2)24-42(32)52-44/h3-24H,1-2H3. The lowest BCUT2D eigenvalue weighted by Crippen LogP contribution is -1.79. The van der Waals surface area contributed by atoms with Crippen LogP contribution in [0.3, 0.4) is 0 Å². The lowest BCUT2D eigenvalue weighted by atomic mass is 10.0. The lowest BCUT2D eigenvalue weighted by molar-refractivity contribution is 1.46. The van der Waals surface area contributed by atoms with E-state index >= 15 is 0 Å². The van der Waals surface area contributed by atoms with Gasteiger partial charge in [0.1, 0.15) is 10.0 Å². The van der Waals surface area contributed by atoms with Crippen molar-refractivity contribution in [3.63, 3.8) is 0 Å². The zero-order valence-corrected chi connectivity index (χ0v) is 32.9. The number of fused-ring (bicyclic) bond motifs is 2. The molecule has 0 spiro atoms. The lowest BCUT2D eigenvalue weighted by Gasteiger charge is -2.05. The number of hydrogen-bond acceptors (Lipinski definition) is 8. The van der Waals surface area contributed by atoms with E-state index in [2.05, 4.69) is 147 Å². The first-order valence-corrected chi connectivity index (χ1v) is 21.8. The van der Waals surface area contributed by atoms with E-state index in [0.29, 0.717) is 0 Å². The fourth-order valence-electron chi connectivity index (χ4n) is 6.35. The number of thiazole rings is 2. The van der Waals surface area contributed by atoms with Gasteiger partial charge in [-0.25, -0.2) is 9.97 Å². The SMILES string of the molecule is Cc1ccc2nc(-c3ccc(-c4ccc(-c5ccc(-c6ccc(-c7ccc(-c8ccc(-c9nc%10ccc(C)cc%10s9)s8)s7)cc6)cc5)s4)s3)sc2c1. The van der Waals surface area contributed by atoms with Gasteiger partial charge in [0.25, 0.3) is 0 Å². The van der Waals surface area contributed by atoms with Gasteiger partial charge in [0.05, 0.1) is 30.2 Å². The fourth-order valence-corrected chi connectivity index (χ4v) is 12.8. The van der Waals surface area contributed by atoms with Crippen LogP contribution >= 0.6 is 68.0 Å². The number of benzene rings is 4. The molecule has 6 aromatic heterocycles. The molecular weight excluding hydrogens is 749 g/mol. The van der Waals surface area contributed by atoms with E-state index < -0.39 is 0 Å². The van der Waals surface area contributed by atoms with Crippen molar-refractivity contribution in [1.29, 1.82) is 0 Å². The van der Waals surface area contributed by atoms with Crippen molar-refractivity contribution in [2.75, 3.05) is 0 Å². The second-order valence-electron chi connectivity index (χ2n) is 12.8. The zero-order chi connectivity index (χ0) is 34.8. The molecule has 0 bridgehead atoms. The topological polar surface area (TPSA) is 25.8 Å². The zero-order valence-electron chi connectivity index (χ0n) is 28.0. The minimum absolute atomic E-state index is 1.08. The van der Waals surface area contributed by atoms with Crippen LogP contribution in [0.25, 0.3) is 91.7 Å². The molecule has 10 aromatic rings. The van der Waals surface area contributed by atoms with Gasteiger partial charge >= 0.3 is 0 Å². The van der Waals surface area contributed by atoms with Crippen LogP contribution in [-0.4, -0.2) is 9.97 Å². The largest absolute Gasteiger partial charge is 0.235 e. The third-order valence-electron chi connectivity index (χ3n) is 9.09. The highest BCUT2D eigenvalue weighted by Crippen LogP contribution is 2.44. The highest BCUT2D eigenvalue weighted by atomic mass is 32.1. The highest BCUT2D eigenvalue weighted by Gasteiger charge is 2.14. The average molecular weight is 777 g/mol. The number of hydrogen-bond donors (Lipinski definition) is 0. The number of nitrogens with zero attached hydrogens (tertiary/aromatic N) is 2. The Morgan fingerprint density at radius 1 is 0.308 bits per heavy atom. The van der Waals surface area contributed by atoms with Gasteiger partial charge in [0, 0.05) is 29.3 Å². The molecule has 4 aromatic carbocycles. The summed E-state index contributed by atoms with van der Waals surface area (Å²) in [6.45, 7) is 4.27. The summed E-state index contributed by atoms with van der Waals surface area (Å²) >= 11 is 10.9. The summed E-state index contributed by atoms with van der Waals surface area (Å²) in [4.78, 5) is 20.0. The van der Waals surface area contributed by atoms with E-state index in [-0.39, 0.29) is 0 Å². The molecule has 2 nitrogen and oxygen atoms in total. The van der Waals surface area contributed by atoms with E-state index in [1.807, 2.05) is 45.3 Å². The van der Waals surface area contributed by atoms with Crippen LogP contribution < -0.4 is 0 Å². The molecule has 10 rings (SSSR count). The molecule has 0 radical (unpaired) electrons. The molecule has 6 heterocycles. The molecule has 0 atom stereocenters. The smallest absolute Gasteiger partial charge is 0.134 e. The van der Waals surface area contributed by atoms with Crippen LogP contribution in [0.2, 0.25) is 0 Å². The van der Waals surface area contributed by atoms with Gasteiger partial charge in [-0.15, -0.1) is 68.0 Å². The van der Waals surface area contributed by atoms with Crippen molar-refractivity contribution in [2.24, 2.45) is 0 Å². The summed E-state index contributed by atoms with van der Waals surface area (Å²) in [5.41, 5.74) is 9.65. The predicted octanol–water partition coefficient (Wildman–Crippen LogP) is 15.4. The van der Waals surface area contributed by atoms with Gasteiger partial charge in [0.15, 0.2) is 0 Å². The van der Waals surface area contributed by atoms with E-state index in [9.17, 15) is 0 Å². The van der Waals surface area contributed by atoms with Gasteiger partial charge in [-0.05, 0) is 120 Å². The van der Waals surface area contributed by atoms with Crippen LogP contribution in [0.15, 0.2) is 133 Å². The Morgan fingerprint density at radius 2 is 0.635 bits per heavy atom. The highest BCUT2D eigenvalue weighted by molar-refractivity contribution is 7.29. The second-order valence-corrected chi connectivity index (χ2v) is 19.2. The molecule has 0 fully saturated rings. The normalized spacial score (nSPS) is 11.7. The average Bonchev–Trinajstić information content (AvgIpc) is 4.01. The molecule has 0 aliphatic heterocycles. The maximum absolute atomic E-state index is 4.90. The monoisotopic (exact) mass is 776 g/mol. The third-order valence-corrected chi connectivity index (χ3v) is 16.3. The van der Waals surface area contributed by atoms with Gasteiger partial charge < -0.3 is 0 Å². The maximum atomic E-state index is 4.90. The Bertz CT molecular complexity index is 2670. The van der Waals surface area contributed by atoms with E-state index in [4.69, 9.17) is 9.97 Å². The van der Waals surface area contributed by atoms with E-state index in [0.717, 1.165) is 21.0 Å². The van der Waals surface area contributed by atoms with Crippen LogP contribution in [0.5, 0.6) is 0 Å². The molecule has 250 valence electrons. The first-order valence-electron chi connectivity index (χ1n) is 16.9. The van der Waals surface area contributed by atoms with E-state index in [1.54, 1.807) is 22.7 Å². The van der Waals surface area contributed by atoms with Crippen molar-refractivity contribution >= 4 is 88.5 Å². The van der Waals surface area contributed by atoms with Crippen molar-refractivity contribution in [3.8, 4) is 71.3 Å². The van der Waals surface area contributed by atoms with E-state index in [1.165, 1.54) is 81.8 Å². The molecule has 0 aliphatic carbocycles. The summed E-state index contributed by atoms with van der Waals surface area (Å²) in [6.07, 6.45) is 0. The number of rotatable bonds is 7. The molecule has 0 saturated heterocycles. The molecule has 0 aliphatic rings. The summed E-state index contributed by atoms with van der Waals surface area (Å²) in [6, 6.07) is 48.8. The fraction of sp³-hybridized carbons (Fsp3) is 0.0455. The van der Waals surface area contributed by atoms with Gasteiger partial charge in [-0.3, -0.25) is 0 Å². The van der Waals surface area contributed by atoms with Crippen LogP contribution in [-0.2, 0) is 0 Å². The molecule has 52 heavy (non-hydrogen) atoms. The molecular formula is C44H28N2S6. The molecule has 0 N–H and O–H groups in total. The Hall–Kier alpha value is -4.54. The number of thiophene rings is 4. The predicted molar refractivity (Wildman–Crippen MR) is 232 cm³/mol. The summed E-state index contributed by atoms with van der Waals surface area (Å²) in [7, 11) is 0. The molecule has 8 heteroatoms. The van der Waals surface area contributed by atoms with Gasteiger partial charge in [0.2, 0.25) is 0 Å². The Labute approximate surface area is 325 Å². The first-order chi connectivity index (χ1) is 25.5. The Morgan fingerprint density at radius 3 is 1.04 bits per heavy atom. The van der Waals surface area contributed by atoms with Crippen molar-refractivity contribution in [1.82, 2.24) is 9.97 Å². The summed E-state index contributed by atoms with van der Waals surface area (Å²) in [5.74, 6) is 0. The van der Waals surface area contributed by atoms with Crippen LogP contribution in [0.1, 0.15) is 11.1 Å². The van der Waals surface area contributed by atoms with Gasteiger partial charge in [-0.2, -0.15) is 0 Å². The quantitative estimate of drug-likeness (QED) is 0.161. The minimum Gasteiger partial charge on any atom is -0.235 e. The van der Waals surface area contributed by atoms with Crippen molar-refractivity contribution in [3.05, 3.63) is 145 Å². The number of aryl methyl sites for hydroxylation is 2. The molecule has 0 unspecified atom stereocenters. The van der Waals surface area contributed by atoms with Crippen LogP contribution in [0.4, 0.5) is 0 Å². The molecule has 0 saturated carbocycles. The number of aromatic nitrogens is 2. The first kappa shape index (κ1) is 32.1. The summed E-state index contributed by atoms with van der Waals surface area (Å²) in [5, 5.41) is 2.20. The van der Waals surface area contributed by atoms with Crippen LogP contribution in [0, 0.1) is 13.8 Å². The van der Waals surface area contributed by atoms with Crippen molar-refractivity contribution < 1.29 is 0 Å². The van der Waals surface area contributed by atoms with Crippen molar-refractivity contribution in [2.45, 2.75) is 13.8 Å².